The van der Waals surface area contributed by atoms with Crippen LogP contribution in [0.15, 0.2) is 18.3 Å². The molecule has 0 aliphatic carbocycles. The van der Waals surface area contributed by atoms with Crippen LogP contribution in [0.25, 0.3) is 0 Å². The number of methoxy groups -OCH3 is 1. The Morgan fingerprint density at radius 2 is 2.17 bits per heavy atom. The van der Waals surface area contributed by atoms with Crippen molar-refractivity contribution in [3.63, 3.8) is 0 Å². The fourth-order valence-corrected chi connectivity index (χ4v) is 1.72. The molecule has 1 unspecified atom stereocenters. The molecular formula is C13H23N3O2. The van der Waals surface area contributed by atoms with Crippen molar-refractivity contribution < 1.29 is 9.47 Å². The molecule has 0 aliphatic rings. The monoisotopic (exact) mass is 253 g/mol. The van der Waals surface area contributed by atoms with Crippen molar-refractivity contribution in [2.75, 3.05) is 32.2 Å². The average molecular weight is 253 g/mol. The first-order valence-corrected chi connectivity index (χ1v) is 6.12. The van der Waals surface area contributed by atoms with E-state index in [4.69, 9.17) is 15.2 Å². The number of ether oxygens (including phenoxy) is 2. The molecule has 0 fully saturated rings. The maximum atomic E-state index is 5.94. The predicted octanol–water partition coefficient (Wildman–Crippen LogP) is 1.28. The van der Waals surface area contributed by atoms with Crippen LogP contribution >= 0.6 is 0 Å². The van der Waals surface area contributed by atoms with E-state index in [-0.39, 0.29) is 12.1 Å². The SMILES string of the molecule is COCC(N)CN(C)c1ncccc1OC(C)C. The number of nitrogens with zero attached hydrogens (tertiary/aromatic N) is 2. The molecule has 0 saturated heterocycles. The second kappa shape index (κ2) is 7.18. The summed E-state index contributed by atoms with van der Waals surface area (Å²) in [5.74, 6) is 1.58. The molecule has 0 radical (unpaired) electrons. The van der Waals surface area contributed by atoms with Gasteiger partial charge >= 0.3 is 0 Å². The summed E-state index contributed by atoms with van der Waals surface area (Å²) in [6.07, 6.45) is 1.87. The number of pyridine rings is 1. The standard InChI is InChI=1S/C13H23N3O2/c1-10(2)18-12-6-5-7-15-13(12)16(3)8-11(14)9-17-4/h5-7,10-11H,8-9,14H2,1-4H3. The molecule has 0 spiro atoms. The fourth-order valence-electron chi connectivity index (χ4n) is 1.72. The van der Waals surface area contributed by atoms with Crippen molar-refractivity contribution in [1.82, 2.24) is 4.98 Å². The topological polar surface area (TPSA) is 60.6 Å². The number of likely N-dealkylation sites (N-methyl/N-ethyl adjacent to an activating group) is 1. The van der Waals surface area contributed by atoms with E-state index in [1.54, 1.807) is 13.3 Å². The predicted molar refractivity (Wildman–Crippen MR) is 73.1 cm³/mol. The van der Waals surface area contributed by atoms with Crippen LogP contribution in [0.5, 0.6) is 5.75 Å². The third-order valence-electron chi connectivity index (χ3n) is 2.36. The minimum absolute atomic E-state index is 0.0473. The van der Waals surface area contributed by atoms with E-state index in [1.807, 2.05) is 37.9 Å². The van der Waals surface area contributed by atoms with Crippen molar-refractivity contribution in [3.8, 4) is 5.75 Å². The van der Waals surface area contributed by atoms with Gasteiger partial charge in [0.05, 0.1) is 12.7 Å². The van der Waals surface area contributed by atoms with Gasteiger partial charge < -0.3 is 20.1 Å². The van der Waals surface area contributed by atoms with Gasteiger partial charge in [-0.25, -0.2) is 4.98 Å². The van der Waals surface area contributed by atoms with E-state index in [2.05, 4.69) is 4.98 Å². The average Bonchev–Trinajstić information content (AvgIpc) is 2.28. The highest BCUT2D eigenvalue weighted by molar-refractivity contribution is 5.51. The highest BCUT2D eigenvalue weighted by atomic mass is 16.5. The van der Waals surface area contributed by atoms with Crippen LogP contribution < -0.4 is 15.4 Å². The number of nitrogens with two attached hydrogens (primary N) is 1. The molecule has 0 bridgehead atoms. The lowest BCUT2D eigenvalue weighted by Crippen LogP contribution is -2.39. The molecule has 0 aliphatic heterocycles. The Bertz CT molecular complexity index is 358. The largest absolute Gasteiger partial charge is 0.487 e. The van der Waals surface area contributed by atoms with Gasteiger partial charge in [0.1, 0.15) is 0 Å². The molecule has 1 aromatic rings. The zero-order valence-electron chi connectivity index (χ0n) is 11.6. The van der Waals surface area contributed by atoms with E-state index in [0.29, 0.717) is 13.2 Å². The maximum absolute atomic E-state index is 5.94. The maximum Gasteiger partial charge on any atom is 0.171 e. The summed E-state index contributed by atoms with van der Waals surface area (Å²) in [5, 5.41) is 0. The number of hydrogen-bond donors (Lipinski definition) is 1. The Morgan fingerprint density at radius 3 is 2.78 bits per heavy atom. The van der Waals surface area contributed by atoms with Crippen molar-refractivity contribution in [3.05, 3.63) is 18.3 Å². The number of rotatable bonds is 7. The summed E-state index contributed by atoms with van der Waals surface area (Å²) in [7, 11) is 3.60. The first kappa shape index (κ1) is 14.7. The smallest absolute Gasteiger partial charge is 0.171 e. The van der Waals surface area contributed by atoms with E-state index in [1.165, 1.54) is 0 Å². The first-order valence-electron chi connectivity index (χ1n) is 6.12. The van der Waals surface area contributed by atoms with E-state index in [0.717, 1.165) is 11.6 Å². The van der Waals surface area contributed by atoms with Crippen LogP contribution in [0, 0.1) is 0 Å². The summed E-state index contributed by atoms with van der Waals surface area (Å²) in [5.41, 5.74) is 5.94. The number of aromatic nitrogens is 1. The Kier molecular flexibility index (Phi) is 5.88. The van der Waals surface area contributed by atoms with Crippen molar-refractivity contribution >= 4 is 5.82 Å². The highest BCUT2D eigenvalue weighted by Crippen LogP contribution is 2.25. The van der Waals surface area contributed by atoms with Crippen LogP contribution in [0.1, 0.15) is 13.8 Å². The van der Waals surface area contributed by atoms with Gasteiger partial charge in [-0.1, -0.05) is 0 Å². The minimum atomic E-state index is -0.0473. The van der Waals surface area contributed by atoms with Gasteiger partial charge in [-0.05, 0) is 26.0 Å². The van der Waals surface area contributed by atoms with Crippen LogP contribution in [0.4, 0.5) is 5.82 Å². The van der Waals surface area contributed by atoms with Gasteiger partial charge in [0.2, 0.25) is 0 Å². The zero-order valence-corrected chi connectivity index (χ0v) is 11.6. The molecule has 1 rings (SSSR count). The highest BCUT2D eigenvalue weighted by Gasteiger charge is 2.13. The molecule has 0 aromatic carbocycles. The van der Waals surface area contributed by atoms with Gasteiger partial charge in [0, 0.05) is 32.9 Å². The van der Waals surface area contributed by atoms with Crippen LogP contribution in [-0.2, 0) is 4.74 Å². The number of hydrogen-bond acceptors (Lipinski definition) is 5. The second-order valence-electron chi connectivity index (χ2n) is 4.59. The fraction of sp³-hybridized carbons (Fsp3) is 0.615. The minimum Gasteiger partial charge on any atom is -0.487 e. The molecule has 102 valence electrons. The zero-order chi connectivity index (χ0) is 13.5. The molecular weight excluding hydrogens is 230 g/mol. The van der Waals surface area contributed by atoms with Crippen LogP contribution in [-0.4, -0.2) is 44.4 Å². The lowest BCUT2D eigenvalue weighted by molar-refractivity contribution is 0.181. The number of anilines is 1. The van der Waals surface area contributed by atoms with Crippen LogP contribution in [0.2, 0.25) is 0 Å². The molecule has 5 heteroatoms. The van der Waals surface area contributed by atoms with Crippen molar-refractivity contribution in [2.24, 2.45) is 5.73 Å². The third kappa shape index (κ3) is 4.50. The normalized spacial score (nSPS) is 12.6. The lowest BCUT2D eigenvalue weighted by atomic mass is 10.3. The van der Waals surface area contributed by atoms with Crippen molar-refractivity contribution in [2.45, 2.75) is 26.0 Å². The molecule has 5 nitrogen and oxygen atoms in total. The second-order valence-corrected chi connectivity index (χ2v) is 4.59. The Morgan fingerprint density at radius 1 is 1.44 bits per heavy atom. The van der Waals surface area contributed by atoms with Crippen LogP contribution in [0.3, 0.4) is 0 Å². The van der Waals surface area contributed by atoms with E-state index >= 15 is 0 Å². The van der Waals surface area contributed by atoms with Gasteiger partial charge in [-0.15, -0.1) is 0 Å². The van der Waals surface area contributed by atoms with Gasteiger partial charge in [-0.3, -0.25) is 0 Å². The van der Waals surface area contributed by atoms with Gasteiger partial charge in [-0.2, -0.15) is 0 Å². The van der Waals surface area contributed by atoms with Crippen molar-refractivity contribution in [1.29, 1.82) is 0 Å². The molecule has 1 aromatic heterocycles. The summed E-state index contributed by atoms with van der Waals surface area (Å²) in [4.78, 5) is 6.34. The van der Waals surface area contributed by atoms with E-state index in [9.17, 15) is 0 Å². The van der Waals surface area contributed by atoms with Gasteiger partial charge in [0.15, 0.2) is 11.6 Å². The summed E-state index contributed by atoms with van der Waals surface area (Å²) in [6, 6.07) is 3.74. The first-order chi connectivity index (χ1) is 8.54. The van der Waals surface area contributed by atoms with Gasteiger partial charge in [0.25, 0.3) is 0 Å². The third-order valence-corrected chi connectivity index (χ3v) is 2.36. The summed E-state index contributed by atoms with van der Waals surface area (Å²) in [6.45, 7) is 5.18. The molecule has 0 amide bonds. The molecule has 18 heavy (non-hydrogen) atoms. The Balaban J connectivity index is 2.74. The van der Waals surface area contributed by atoms with E-state index < -0.39 is 0 Å². The molecule has 2 N–H and O–H groups in total. The quantitative estimate of drug-likeness (QED) is 0.793. The summed E-state index contributed by atoms with van der Waals surface area (Å²) < 4.78 is 10.8. The lowest BCUT2D eigenvalue weighted by Gasteiger charge is -2.24. The molecule has 0 saturated carbocycles. The summed E-state index contributed by atoms with van der Waals surface area (Å²) >= 11 is 0. The molecule has 1 atom stereocenters. The molecule has 1 heterocycles. The Labute approximate surface area is 109 Å². The Hall–Kier alpha value is -1.33.